The summed E-state index contributed by atoms with van der Waals surface area (Å²) in [6.07, 6.45) is 0.758. The lowest BCUT2D eigenvalue weighted by molar-refractivity contribution is -0.154. The Morgan fingerprint density at radius 3 is 2.45 bits per heavy atom. The standard InChI is InChI=1S/C23H26N2O3S/c1-4-28-21(27)18-19(17-13-9-8-12-16(17)14-23(18,2)3)24-22(29)25-20(26)15-10-6-5-7-11-15/h5-13,18-19H,4,14H2,1-3H3,(H2,24,25,26,29). The summed E-state index contributed by atoms with van der Waals surface area (Å²) in [7, 11) is 0. The van der Waals surface area contributed by atoms with Crippen molar-refractivity contribution in [3.63, 3.8) is 0 Å². The minimum absolute atomic E-state index is 0.186. The molecule has 1 aliphatic carbocycles. The Balaban J connectivity index is 1.87. The molecule has 152 valence electrons. The van der Waals surface area contributed by atoms with Crippen LogP contribution in [0.25, 0.3) is 0 Å². The molecular formula is C23H26N2O3S. The van der Waals surface area contributed by atoms with Crippen molar-refractivity contribution in [1.82, 2.24) is 10.6 Å². The Labute approximate surface area is 176 Å². The number of fused-ring (bicyclic) bond motifs is 1. The minimum atomic E-state index is -0.441. The van der Waals surface area contributed by atoms with Crippen molar-refractivity contribution in [3.05, 3.63) is 71.3 Å². The van der Waals surface area contributed by atoms with E-state index in [1.807, 2.05) is 24.3 Å². The number of nitrogens with one attached hydrogen (secondary N) is 2. The van der Waals surface area contributed by atoms with Crippen LogP contribution in [-0.2, 0) is 16.0 Å². The third-order valence-corrected chi connectivity index (χ3v) is 5.52. The quantitative estimate of drug-likeness (QED) is 0.593. The fourth-order valence-electron chi connectivity index (χ4n) is 4.02. The van der Waals surface area contributed by atoms with Gasteiger partial charge in [-0.25, -0.2) is 0 Å². The maximum atomic E-state index is 12.9. The lowest BCUT2D eigenvalue weighted by atomic mass is 9.64. The number of hydrogen-bond acceptors (Lipinski definition) is 4. The Morgan fingerprint density at radius 1 is 1.10 bits per heavy atom. The van der Waals surface area contributed by atoms with Gasteiger partial charge in [0.2, 0.25) is 0 Å². The number of esters is 1. The zero-order chi connectivity index (χ0) is 21.0. The van der Waals surface area contributed by atoms with Crippen LogP contribution in [0, 0.1) is 11.3 Å². The summed E-state index contributed by atoms with van der Waals surface area (Å²) in [5.74, 6) is -0.996. The average molecular weight is 411 g/mol. The van der Waals surface area contributed by atoms with Crippen LogP contribution < -0.4 is 10.6 Å². The van der Waals surface area contributed by atoms with Crippen LogP contribution in [0.15, 0.2) is 54.6 Å². The number of thiocarbonyl (C=S) groups is 1. The molecule has 0 spiro atoms. The fraction of sp³-hybridized carbons (Fsp3) is 0.348. The van der Waals surface area contributed by atoms with Crippen molar-refractivity contribution in [2.75, 3.05) is 6.61 Å². The first-order valence-electron chi connectivity index (χ1n) is 9.75. The molecule has 0 bridgehead atoms. The highest BCUT2D eigenvalue weighted by molar-refractivity contribution is 7.80. The van der Waals surface area contributed by atoms with Crippen LogP contribution in [0.3, 0.4) is 0 Å². The molecular weight excluding hydrogens is 384 g/mol. The molecule has 2 atom stereocenters. The van der Waals surface area contributed by atoms with Crippen molar-refractivity contribution < 1.29 is 14.3 Å². The molecule has 1 amide bonds. The number of benzene rings is 2. The normalized spacial score (nSPS) is 19.6. The predicted octanol–water partition coefficient (Wildman–Crippen LogP) is 3.79. The van der Waals surface area contributed by atoms with Gasteiger partial charge in [0, 0.05) is 5.56 Å². The largest absolute Gasteiger partial charge is 0.466 e. The number of carbonyl (C=O) groups excluding carboxylic acids is 2. The zero-order valence-corrected chi connectivity index (χ0v) is 17.7. The van der Waals surface area contributed by atoms with Crippen LogP contribution in [0.5, 0.6) is 0 Å². The van der Waals surface area contributed by atoms with Crippen LogP contribution in [0.2, 0.25) is 0 Å². The summed E-state index contributed by atoms with van der Waals surface area (Å²) in [5, 5.41) is 6.13. The lowest BCUT2D eigenvalue weighted by Crippen LogP contribution is -2.51. The first kappa shape index (κ1) is 21.0. The van der Waals surface area contributed by atoms with E-state index in [4.69, 9.17) is 17.0 Å². The number of carbonyl (C=O) groups is 2. The third kappa shape index (κ3) is 4.65. The summed E-state index contributed by atoms with van der Waals surface area (Å²) >= 11 is 5.42. The van der Waals surface area contributed by atoms with Gasteiger partial charge < -0.3 is 10.1 Å². The molecule has 29 heavy (non-hydrogen) atoms. The average Bonchev–Trinajstić information content (AvgIpc) is 2.68. The Morgan fingerprint density at radius 2 is 1.76 bits per heavy atom. The van der Waals surface area contributed by atoms with Gasteiger partial charge in [0.15, 0.2) is 5.11 Å². The van der Waals surface area contributed by atoms with Crippen LogP contribution in [0.1, 0.15) is 48.3 Å². The highest BCUT2D eigenvalue weighted by Crippen LogP contribution is 2.46. The monoisotopic (exact) mass is 410 g/mol. The Kier molecular flexibility index (Phi) is 6.33. The molecule has 2 aromatic rings. The van der Waals surface area contributed by atoms with Crippen molar-refractivity contribution in [3.8, 4) is 0 Å². The van der Waals surface area contributed by atoms with Crippen LogP contribution >= 0.6 is 12.2 Å². The lowest BCUT2D eigenvalue weighted by Gasteiger charge is -2.43. The van der Waals surface area contributed by atoms with Crippen molar-refractivity contribution in [2.45, 2.75) is 33.2 Å². The molecule has 2 N–H and O–H groups in total. The molecule has 0 aromatic heterocycles. The molecule has 6 heteroatoms. The molecule has 3 rings (SSSR count). The second-order valence-corrected chi connectivity index (χ2v) is 8.27. The Bertz CT molecular complexity index is 911. The van der Waals surface area contributed by atoms with E-state index in [2.05, 4.69) is 30.5 Å². The number of hydrogen-bond donors (Lipinski definition) is 2. The second-order valence-electron chi connectivity index (χ2n) is 7.87. The fourth-order valence-corrected chi connectivity index (χ4v) is 4.24. The van der Waals surface area contributed by atoms with Crippen molar-refractivity contribution in [1.29, 1.82) is 0 Å². The van der Waals surface area contributed by atoms with E-state index < -0.39 is 12.0 Å². The van der Waals surface area contributed by atoms with Crippen molar-refractivity contribution in [2.24, 2.45) is 11.3 Å². The molecule has 5 nitrogen and oxygen atoms in total. The topological polar surface area (TPSA) is 67.4 Å². The summed E-state index contributed by atoms with van der Waals surface area (Å²) in [6.45, 7) is 6.24. The third-order valence-electron chi connectivity index (χ3n) is 5.30. The van der Waals surface area contributed by atoms with Gasteiger partial charge in [-0.2, -0.15) is 0 Å². The molecule has 0 radical (unpaired) electrons. The maximum absolute atomic E-state index is 12.9. The van der Waals surface area contributed by atoms with Gasteiger partial charge >= 0.3 is 5.97 Å². The van der Waals surface area contributed by atoms with E-state index in [0.717, 1.165) is 17.5 Å². The first-order valence-corrected chi connectivity index (χ1v) is 10.2. The van der Waals surface area contributed by atoms with Gasteiger partial charge in [-0.05, 0) is 54.2 Å². The number of amides is 1. The summed E-state index contributed by atoms with van der Waals surface area (Å²) in [5.41, 5.74) is 2.34. The van der Waals surface area contributed by atoms with Crippen LogP contribution in [-0.4, -0.2) is 23.6 Å². The molecule has 2 unspecified atom stereocenters. The van der Waals surface area contributed by atoms with E-state index in [-0.39, 0.29) is 22.4 Å². The van der Waals surface area contributed by atoms with E-state index in [9.17, 15) is 9.59 Å². The predicted molar refractivity (Wildman–Crippen MR) is 116 cm³/mol. The Hall–Kier alpha value is -2.73. The van der Waals surface area contributed by atoms with E-state index in [1.54, 1.807) is 31.2 Å². The highest BCUT2D eigenvalue weighted by Gasteiger charge is 2.47. The molecule has 0 fully saturated rings. The number of ether oxygens (including phenoxy) is 1. The number of rotatable bonds is 4. The molecule has 0 saturated heterocycles. The summed E-state index contributed by atoms with van der Waals surface area (Å²) in [4.78, 5) is 25.3. The van der Waals surface area contributed by atoms with Gasteiger partial charge in [0.05, 0.1) is 18.6 Å². The first-order chi connectivity index (χ1) is 13.8. The van der Waals surface area contributed by atoms with Gasteiger partial charge in [0.25, 0.3) is 5.91 Å². The maximum Gasteiger partial charge on any atom is 0.311 e. The van der Waals surface area contributed by atoms with Gasteiger partial charge in [-0.1, -0.05) is 56.3 Å². The molecule has 2 aromatic carbocycles. The van der Waals surface area contributed by atoms with E-state index >= 15 is 0 Å². The minimum Gasteiger partial charge on any atom is -0.466 e. The van der Waals surface area contributed by atoms with Gasteiger partial charge in [0.1, 0.15) is 0 Å². The summed E-state index contributed by atoms with van der Waals surface area (Å²) in [6, 6.07) is 16.5. The van der Waals surface area contributed by atoms with Crippen molar-refractivity contribution >= 4 is 29.2 Å². The van der Waals surface area contributed by atoms with Gasteiger partial charge in [-0.3, -0.25) is 14.9 Å². The van der Waals surface area contributed by atoms with E-state index in [1.165, 1.54) is 0 Å². The SMILES string of the molecule is CCOC(=O)C1C(NC(=S)NC(=O)c2ccccc2)c2ccccc2CC1(C)C. The second kappa shape index (κ2) is 8.74. The molecule has 0 heterocycles. The summed E-state index contributed by atoms with van der Waals surface area (Å²) < 4.78 is 5.38. The smallest absolute Gasteiger partial charge is 0.311 e. The highest BCUT2D eigenvalue weighted by atomic mass is 32.1. The van der Waals surface area contributed by atoms with E-state index in [0.29, 0.717) is 12.2 Å². The molecule has 0 aliphatic heterocycles. The van der Waals surface area contributed by atoms with Crippen LogP contribution in [0.4, 0.5) is 0 Å². The molecule has 0 saturated carbocycles. The molecule has 1 aliphatic rings. The van der Waals surface area contributed by atoms with Gasteiger partial charge in [-0.15, -0.1) is 0 Å². The zero-order valence-electron chi connectivity index (χ0n) is 16.9.